The highest BCUT2D eigenvalue weighted by molar-refractivity contribution is 6.00. The third-order valence-electron chi connectivity index (χ3n) is 4.63. The number of carbonyl (C=O) groups is 1. The molecule has 1 aliphatic rings. The molecule has 2 aromatic heterocycles. The number of hydrogen-bond donors (Lipinski definition) is 2. The first-order valence-corrected chi connectivity index (χ1v) is 8.19. The molecule has 1 aliphatic heterocycles. The molecular formula is C20H20ClN3O. The average Bonchev–Trinajstić information content (AvgIpc) is 2.94. The summed E-state index contributed by atoms with van der Waals surface area (Å²) >= 11 is 0. The maximum atomic E-state index is 12.6. The smallest absolute Gasteiger partial charge is 0.253 e. The van der Waals surface area contributed by atoms with Gasteiger partial charge < -0.3 is 10.3 Å². The lowest BCUT2D eigenvalue weighted by molar-refractivity contribution is 0.0924. The molecule has 4 rings (SSSR count). The number of benzene rings is 1. The fourth-order valence-electron chi connectivity index (χ4n) is 3.50. The lowest BCUT2D eigenvalue weighted by atomic mass is 9.94. The maximum Gasteiger partial charge on any atom is 0.253 e. The van der Waals surface area contributed by atoms with Gasteiger partial charge in [0.1, 0.15) is 0 Å². The van der Waals surface area contributed by atoms with E-state index in [1.807, 2.05) is 37.3 Å². The van der Waals surface area contributed by atoms with Gasteiger partial charge in [-0.3, -0.25) is 9.78 Å². The monoisotopic (exact) mass is 353 g/mol. The van der Waals surface area contributed by atoms with Crippen LogP contribution in [0.2, 0.25) is 0 Å². The summed E-state index contributed by atoms with van der Waals surface area (Å²) in [5.41, 5.74) is 6.15. The minimum absolute atomic E-state index is 0. The minimum Gasteiger partial charge on any atom is -0.357 e. The van der Waals surface area contributed by atoms with Gasteiger partial charge in [-0.2, -0.15) is 0 Å². The Bertz CT molecular complexity index is 875. The van der Waals surface area contributed by atoms with Crippen molar-refractivity contribution in [1.82, 2.24) is 15.3 Å². The first kappa shape index (κ1) is 17.2. The molecule has 128 valence electrons. The zero-order valence-electron chi connectivity index (χ0n) is 14.0. The lowest BCUT2D eigenvalue weighted by Crippen LogP contribution is -2.42. The van der Waals surface area contributed by atoms with Crippen molar-refractivity contribution < 1.29 is 4.79 Å². The van der Waals surface area contributed by atoms with Crippen molar-refractivity contribution in [2.75, 3.05) is 0 Å². The summed E-state index contributed by atoms with van der Waals surface area (Å²) in [6, 6.07) is 14.3. The Morgan fingerprint density at radius 1 is 1.12 bits per heavy atom. The van der Waals surface area contributed by atoms with E-state index >= 15 is 0 Å². The first-order valence-electron chi connectivity index (χ1n) is 8.19. The predicted molar refractivity (Wildman–Crippen MR) is 101 cm³/mol. The molecular weight excluding hydrogens is 334 g/mol. The Balaban J connectivity index is 0.00000182. The Morgan fingerprint density at radius 3 is 2.56 bits per heavy atom. The van der Waals surface area contributed by atoms with E-state index in [2.05, 4.69) is 27.4 Å². The maximum absolute atomic E-state index is 12.6. The van der Waals surface area contributed by atoms with Crippen LogP contribution in [0.15, 0.2) is 54.9 Å². The van der Waals surface area contributed by atoms with Gasteiger partial charge in [-0.05, 0) is 36.6 Å². The van der Waals surface area contributed by atoms with Crippen LogP contribution in [0.5, 0.6) is 0 Å². The SMILES string of the molecule is Cc1c(-c2ccncc2)[nH]c2c1C(=O)NC(Cc1ccccc1)C2.Cl. The van der Waals surface area contributed by atoms with Crippen molar-refractivity contribution in [3.05, 3.63) is 77.2 Å². The molecule has 1 aromatic carbocycles. The Hall–Kier alpha value is -2.59. The molecule has 0 bridgehead atoms. The van der Waals surface area contributed by atoms with Crippen molar-refractivity contribution in [3.8, 4) is 11.3 Å². The Morgan fingerprint density at radius 2 is 1.84 bits per heavy atom. The highest BCUT2D eigenvalue weighted by atomic mass is 35.5. The third kappa shape index (κ3) is 3.30. The van der Waals surface area contributed by atoms with E-state index in [1.54, 1.807) is 12.4 Å². The van der Waals surface area contributed by atoms with Crippen LogP contribution in [0.1, 0.15) is 27.2 Å². The second-order valence-corrected chi connectivity index (χ2v) is 6.28. The van der Waals surface area contributed by atoms with Crippen LogP contribution in [0.25, 0.3) is 11.3 Å². The van der Waals surface area contributed by atoms with Crippen LogP contribution in [-0.2, 0) is 12.8 Å². The number of rotatable bonds is 3. The van der Waals surface area contributed by atoms with Crippen molar-refractivity contribution >= 4 is 18.3 Å². The van der Waals surface area contributed by atoms with E-state index in [1.165, 1.54) is 5.56 Å². The highest BCUT2D eigenvalue weighted by Gasteiger charge is 2.29. The summed E-state index contributed by atoms with van der Waals surface area (Å²) in [4.78, 5) is 20.1. The van der Waals surface area contributed by atoms with Gasteiger partial charge in [0.2, 0.25) is 0 Å². The number of nitrogens with zero attached hydrogens (tertiary/aromatic N) is 1. The van der Waals surface area contributed by atoms with Crippen LogP contribution in [0, 0.1) is 6.92 Å². The lowest BCUT2D eigenvalue weighted by Gasteiger charge is -2.24. The van der Waals surface area contributed by atoms with E-state index in [0.717, 1.165) is 40.9 Å². The van der Waals surface area contributed by atoms with E-state index in [9.17, 15) is 4.79 Å². The molecule has 3 aromatic rings. The molecule has 1 unspecified atom stereocenters. The Kier molecular flexibility index (Phi) is 4.91. The van der Waals surface area contributed by atoms with Gasteiger partial charge in [-0.25, -0.2) is 0 Å². The third-order valence-corrected chi connectivity index (χ3v) is 4.63. The molecule has 0 spiro atoms. The molecule has 1 atom stereocenters. The number of amides is 1. The summed E-state index contributed by atoms with van der Waals surface area (Å²) in [5, 5.41) is 3.16. The molecule has 25 heavy (non-hydrogen) atoms. The number of pyridine rings is 1. The van der Waals surface area contributed by atoms with Crippen molar-refractivity contribution in [2.24, 2.45) is 0 Å². The molecule has 0 saturated heterocycles. The summed E-state index contributed by atoms with van der Waals surface area (Å²) in [6.07, 6.45) is 5.20. The second-order valence-electron chi connectivity index (χ2n) is 6.28. The minimum atomic E-state index is 0. The summed E-state index contributed by atoms with van der Waals surface area (Å²) in [6.45, 7) is 2.00. The quantitative estimate of drug-likeness (QED) is 0.754. The molecule has 5 heteroatoms. The molecule has 0 fully saturated rings. The van der Waals surface area contributed by atoms with Gasteiger partial charge in [0.05, 0.1) is 5.56 Å². The summed E-state index contributed by atoms with van der Waals surface area (Å²) in [7, 11) is 0. The normalized spacial score (nSPS) is 15.9. The number of nitrogens with one attached hydrogen (secondary N) is 2. The van der Waals surface area contributed by atoms with E-state index in [0.29, 0.717) is 0 Å². The van der Waals surface area contributed by atoms with E-state index < -0.39 is 0 Å². The molecule has 0 radical (unpaired) electrons. The molecule has 0 aliphatic carbocycles. The van der Waals surface area contributed by atoms with Crippen LogP contribution in [-0.4, -0.2) is 21.9 Å². The number of H-pyrrole nitrogens is 1. The van der Waals surface area contributed by atoms with Gasteiger partial charge >= 0.3 is 0 Å². The molecule has 4 nitrogen and oxygen atoms in total. The van der Waals surface area contributed by atoms with Gasteiger partial charge in [0.15, 0.2) is 0 Å². The van der Waals surface area contributed by atoms with Crippen LogP contribution in [0.3, 0.4) is 0 Å². The fourth-order valence-corrected chi connectivity index (χ4v) is 3.50. The van der Waals surface area contributed by atoms with E-state index in [-0.39, 0.29) is 24.4 Å². The second kappa shape index (κ2) is 7.11. The van der Waals surface area contributed by atoms with Crippen LogP contribution >= 0.6 is 12.4 Å². The predicted octanol–water partition coefficient (Wildman–Crippen LogP) is 3.70. The van der Waals surface area contributed by atoms with Gasteiger partial charge in [0, 0.05) is 41.8 Å². The van der Waals surface area contributed by atoms with Gasteiger partial charge in [0.25, 0.3) is 5.91 Å². The zero-order chi connectivity index (χ0) is 16.5. The van der Waals surface area contributed by atoms with E-state index in [4.69, 9.17) is 0 Å². The zero-order valence-corrected chi connectivity index (χ0v) is 14.8. The molecule has 2 N–H and O–H groups in total. The number of halogens is 1. The number of hydrogen-bond acceptors (Lipinski definition) is 2. The number of aromatic amines is 1. The molecule has 3 heterocycles. The first-order chi connectivity index (χ1) is 11.7. The number of carbonyl (C=O) groups excluding carboxylic acids is 1. The van der Waals surface area contributed by atoms with Crippen molar-refractivity contribution in [3.63, 3.8) is 0 Å². The van der Waals surface area contributed by atoms with Gasteiger partial charge in [-0.1, -0.05) is 30.3 Å². The summed E-state index contributed by atoms with van der Waals surface area (Å²) < 4.78 is 0. The van der Waals surface area contributed by atoms with Crippen molar-refractivity contribution in [1.29, 1.82) is 0 Å². The number of fused-ring (bicyclic) bond motifs is 1. The van der Waals surface area contributed by atoms with Crippen LogP contribution < -0.4 is 5.32 Å². The van der Waals surface area contributed by atoms with Crippen LogP contribution in [0.4, 0.5) is 0 Å². The molecule has 1 amide bonds. The largest absolute Gasteiger partial charge is 0.357 e. The average molecular weight is 354 g/mol. The number of aromatic nitrogens is 2. The fraction of sp³-hybridized carbons (Fsp3) is 0.200. The topological polar surface area (TPSA) is 57.8 Å². The highest BCUT2D eigenvalue weighted by Crippen LogP contribution is 2.30. The van der Waals surface area contributed by atoms with Crippen molar-refractivity contribution in [2.45, 2.75) is 25.8 Å². The van der Waals surface area contributed by atoms with Gasteiger partial charge in [-0.15, -0.1) is 12.4 Å². The Labute approximate surface area is 153 Å². The standard InChI is InChI=1S/C20H19N3O.ClH/c1-13-18-17(23-19(13)15-7-9-21-10-8-15)12-16(22-20(18)24)11-14-5-3-2-4-6-14;/h2-10,16,23H,11-12H2,1H3,(H,22,24);1H. The molecule has 0 saturated carbocycles. The summed E-state index contributed by atoms with van der Waals surface area (Å²) in [5.74, 6) is 0.0197.